The Morgan fingerprint density at radius 1 is 1.71 bits per heavy atom. The van der Waals surface area contributed by atoms with E-state index in [1.54, 1.807) is 4.68 Å². The van der Waals surface area contributed by atoms with Crippen LogP contribution in [-0.2, 0) is 11.8 Å². The molecule has 0 spiro atoms. The van der Waals surface area contributed by atoms with Crippen LogP contribution >= 0.6 is 0 Å². The smallest absolute Gasteiger partial charge is 0.225 e. The molecular weight excluding hydrogens is 180 g/mol. The van der Waals surface area contributed by atoms with Crippen molar-refractivity contribution in [3.05, 3.63) is 11.8 Å². The lowest BCUT2D eigenvalue weighted by Gasteiger charge is -1.98. The lowest BCUT2D eigenvalue weighted by molar-refractivity contribution is -0.368. The van der Waals surface area contributed by atoms with E-state index in [0.717, 1.165) is 18.7 Å². The van der Waals surface area contributed by atoms with Crippen molar-refractivity contribution in [1.82, 2.24) is 9.78 Å². The maximum Gasteiger partial charge on any atom is 0.225 e. The van der Waals surface area contributed by atoms with Gasteiger partial charge in [-0.1, -0.05) is 0 Å². The minimum atomic E-state index is 0.00625. The number of carbonyl (C=O) groups excluding carboxylic acids is 1. The topological polar surface area (TPSA) is 74.6 Å². The van der Waals surface area contributed by atoms with Crippen molar-refractivity contribution < 1.29 is 10.5 Å². The highest BCUT2D eigenvalue weighted by Gasteiger charge is 2.05. The van der Waals surface area contributed by atoms with Crippen LogP contribution in [0.15, 0.2) is 6.07 Å². The number of aryl methyl sites for hydroxylation is 2. The van der Waals surface area contributed by atoms with Gasteiger partial charge in [-0.05, 0) is 6.92 Å². The summed E-state index contributed by atoms with van der Waals surface area (Å²) in [6, 6.07) is 1.85. The Kier molecular flexibility index (Phi) is 3.64. The normalized spacial score (nSPS) is 10.2. The number of nitrogens with one attached hydrogen (secondary N) is 1. The molecule has 1 aromatic rings. The van der Waals surface area contributed by atoms with Crippen molar-refractivity contribution in [3.8, 4) is 0 Å². The fourth-order valence-corrected chi connectivity index (χ4v) is 1.11. The Bertz CT molecular complexity index is 299. The van der Waals surface area contributed by atoms with Crippen molar-refractivity contribution in [3.63, 3.8) is 0 Å². The van der Waals surface area contributed by atoms with E-state index in [-0.39, 0.29) is 5.91 Å². The van der Waals surface area contributed by atoms with Gasteiger partial charge in [-0.15, -0.1) is 0 Å². The van der Waals surface area contributed by atoms with Crippen molar-refractivity contribution in [2.75, 3.05) is 11.9 Å². The maximum atomic E-state index is 11.3. The second kappa shape index (κ2) is 4.76. The number of hydrogen-bond donors (Lipinski definition) is 2. The van der Waals surface area contributed by atoms with Crippen LogP contribution in [0.3, 0.4) is 0 Å². The molecule has 4 N–H and O–H groups in total. The molecule has 5 nitrogen and oxygen atoms in total. The molecule has 1 heterocycles. The predicted octanol–water partition coefficient (Wildman–Crippen LogP) is -0.311. The van der Waals surface area contributed by atoms with Crippen LogP contribution < -0.4 is 11.1 Å². The minimum absolute atomic E-state index is 0.00625. The van der Waals surface area contributed by atoms with Crippen molar-refractivity contribution in [2.24, 2.45) is 7.05 Å². The third kappa shape index (κ3) is 2.85. The van der Waals surface area contributed by atoms with E-state index in [1.165, 1.54) is 0 Å². The van der Waals surface area contributed by atoms with E-state index in [2.05, 4.69) is 16.1 Å². The molecule has 0 bridgehead atoms. The van der Waals surface area contributed by atoms with E-state index in [0.29, 0.717) is 12.2 Å². The molecule has 1 aromatic heterocycles. The number of hydrogen-bond acceptors (Lipinski definition) is 2. The predicted molar refractivity (Wildman–Crippen MR) is 53.6 cm³/mol. The highest BCUT2D eigenvalue weighted by molar-refractivity contribution is 5.89. The molecule has 78 valence electrons. The molecule has 0 fully saturated rings. The summed E-state index contributed by atoms with van der Waals surface area (Å²) < 4.78 is 1.73. The highest BCUT2D eigenvalue weighted by Crippen LogP contribution is 2.07. The van der Waals surface area contributed by atoms with Crippen molar-refractivity contribution in [1.29, 1.82) is 0 Å². The average molecular weight is 197 g/mol. The summed E-state index contributed by atoms with van der Waals surface area (Å²) in [6.45, 7) is 2.73. The zero-order valence-corrected chi connectivity index (χ0v) is 8.71. The van der Waals surface area contributed by atoms with Crippen LogP contribution in [0.1, 0.15) is 18.5 Å². The molecule has 5 heteroatoms. The maximum absolute atomic E-state index is 11.3. The second-order valence-corrected chi connectivity index (χ2v) is 3.30. The molecule has 0 atom stereocenters. The van der Waals surface area contributed by atoms with Gasteiger partial charge in [0.05, 0.1) is 6.54 Å². The van der Waals surface area contributed by atoms with Crippen LogP contribution in [0, 0.1) is 6.92 Å². The first-order chi connectivity index (χ1) is 6.63. The van der Waals surface area contributed by atoms with E-state index < -0.39 is 0 Å². The van der Waals surface area contributed by atoms with E-state index in [4.69, 9.17) is 0 Å². The van der Waals surface area contributed by atoms with Gasteiger partial charge in [-0.25, -0.2) is 0 Å². The van der Waals surface area contributed by atoms with E-state index in [1.807, 2.05) is 20.0 Å². The van der Waals surface area contributed by atoms with Crippen LogP contribution in [-0.4, -0.2) is 22.2 Å². The summed E-state index contributed by atoms with van der Waals surface area (Å²) in [4.78, 5) is 11.3. The molecule has 0 aliphatic carbocycles. The van der Waals surface area contributed by atoms with Gasteiger partial charge < -0.3 is 11.1 Å². The molecule has 0 unspecified atom stereocenters. The average Bonchev–Trinajstić information content (AvgIpc) is 2.42. The second-order valence-electron chi connectivity index (χ2n) is 3.30. The molecule has 0 radical (unpaired) electrons. The quantitative estimate of drug-likeness (QED) is 0.694. The number of aromatic nitrogens is 2. The standard InChI is InChI=1S/C9H16N4O/c1-7-6-8(12-13(7)2)11-9(14)4-3-5-10/h6H,3-5,10H2,1-2H3,(H,11,12,14)/p+1. The fourth-order valence-electron chi connectivity index (χ4n) is 1.11. The van der Waals surface area contributed by atoms with Crippen LogP contribution in [0.25, 0.3) is 0 Å². The summed E-state index contributed by atoms with van der Waals surface area (Å²) in [5, 5.41) is 6.87. The molecule has 14 heavy (non-hydrogen) atoms. The molecule has 0 saturated carbocycles. The molecule has 1 amide bonds. The first-order valence-corrected chi connectivity index (χ1v) is 4.73. The summed E-state index contributed by atoms with van der Waals surface area (Å²) in [6.07, 6.45) is 1.33. The number of anilines is 1. The van der Waals surface area contributed by atoms with Crippen molar-refractivity contribution in [2.45, 2.75) is 19.8 Å². The largest absolute Gasteiger partial charge is 0.358 e. The molecule has 0 aromatic carbocycles. The van der Waals surface area contributed by atoms with Gasteiger partial charge in [0, 0.05) is 31.6 Å². The number of amides is 1. The third-order valence-corrected chi connectivity index (χ3v) is 2.04. The van der Waals surface area contributed by atoms with Crippen LogP contribution in [0.4, 0.5) is 5.82 Å². The van der Waals surface area contributed by atoms with E-state index in [9.17, 15) is 4.79 Å². The summed E-state index contributed by atoms with van der Waals surface area (Å²) in [5.74, 6) is 0.630. The summed E-state index contributed by atoms with van der Waals surface area (Å²) in [5.41, 5.74) is 4.71. The van der Waals surface area contributed by atoms with Crippen molar-refractivity contribution >= 4 is 11.7 Å². The lowest BCUT2D eigenvalue weighted by Crippen LogP contribution is -2.50. The summed E-state index contributed by atoms with van der Waals surface area (Å²) >= 11 is 0. The van der Waals surface area contributed by atoms with Gasteiger partial charge in [-0.3, -0.25) is 9.48 Å². The van der Waals surface area contributed by atoms with Gasteiger partial charge >= 0.3 is 0 Å². The number of nitrogens with zero attached hydrogens (tertiary/aromatic N) is 2. The van der Waals surface area contributed by atoms with Crippen LogP contribution in [0.2, 0.25) is 0 Å². The minimum Gasteiger partial charge on any atom is -0.358 e. The molecule has 0 aliphatic rings. The van der Waals surface area contributed by atoms with Gasteiger partial charge in [0.15, 0.2) is 5.82 Å². The Labute approximate surface area is 83.3 Å². The van der Waals surface area contributed by atoms with Gasteiger partial charge in [0.25, 0.3) is 0 Å². The molecule has 0 saturated heterocycles. The summed E-state index contributed by atoms with van der Waals surface area (Å²) in [7, 11) is 1.85. The highest BCUT2D eigenvalue weighted by atomic mass is 16.1. The zero-order valence-electron chi connectivity index (χ0n) is 8.71. The Hall–Kier alpha value is -1.36. The fraction of sp³-hybridized carbons (Fsp3) is 0.556. The molecular formula is C9H17N4O+. The lowest BCUT2D eigenvalue weighted by atomic mass is 10.3. The Morgan fingerprint density at radius 2 is 2.43 bits per heavy atom. The third-order valence-electron chi connectivity index (χ3n) is 2.04. The first-order valence-electron chi connectivity index (χ1n) is 4.73. The van der Waals surface area contributed by atoms with Gasteiger partial charge in [0.1, 0.15) is 0 Å². The van der Waals surface area contributed by atoms with Gasteiger partial charge in [-0.2, -0.15) is 5.10 Å². The number of carbonyl (C=O) groups is 1. The van der Waals surface area contributed by atoms with Gasteiger partial charge in [0.2, 0.25) is 5.91 Å². The van der Waals surface area contributed by atoms with E-state index >= 15 is 0 Å². The Balaban J connectivity index is 2.48. The SMILES string of the molecule is Cc1cc(NC(=O)CCC[NH3+])nn1C. The number of rotatable bonds is 4. The molecule has 1 rings (SSSR count). The Morgan fingerprint density at radius 3 is 2.93 bits per heavy atom. The monoisotopic (exact) mass is 197 g/mol. The van der Waals surface area contributed by atoms with Crippen LogP contribution in [0.5, 0.6) is 0 Å². The number of quaternary nitrogens is 1. The zero-order chi connectivity index (χ0) is 10.6. The molecule has 0 aliphatic heterocycles. The first kappa shape index (κ1) is 10.7.